The van der Waals surface area contributed by atoms with E-state index in [0.29, 0.717) is 18.1 Å². The van der Waals surface area contributed by atoms with Crippen LogP contribution < -0.4 is 25.1 Å². The summed E-state index contributed by atoms with van der Waals surface area (Å²) in [6.45, 7) is -0.684. The minimum atomic E-state index is -2.95. The second-order valence-electron chi connectivity index (χ2n) is 5.11. The molecule has 0 aliphatic carbocycles. The topological polar surface area (TPSA) is 85.9 Å². The van der Waals surface area contributed by atoms with Crippen LogP contribution in [-0.4, -0.2) is 32.1 Å². The number of rotatable bonds is 7. The average Bonchev–Trinajstić information content (AvgIpc) is 2.66. The van der Waals surface area contributed by atoms with Crippen molar-refractivity contribution in [3.63, 3.8) is 0 Å². The molecule has 2 aromatic rings. The highest BCUT2D eigenvalue weighted by molar-refractivity contribution is 5.99. The summed E-state index contributed by atoms with van der Waals surface area (Å²) < 4.78 is 38.9. The fraction of sp³-hybridized carbons (Fsp3) is 0.222. The highest BCUT2D eigenvalue weighted by atomic mass is 19.3. The van der Waals surface area contributed by atoms with Crippen molar-refractivity contribution in [3.05, 3.63) is 53.6 Å². The van der Waals surface area contributed by atoms with Crippen molar-refractivity contribution in [1.29, 1.82) is 0 Å². The van der Waals surface area contributed by atoms with E-state index in [1.807, 2.05) is 6.92 Å². The fourth-order valence-corrected chi connectivity index (χ4v) is 2.13. The minimum Gasteiger partial charge on any atom is -0.493 e. The molecule has 0 fully saturated rings. The molecule has 2 aromatic carbocycles. The molecule has 7 nitrogen and oxygen atoms in total. The number of methoxy groups -OCH3 is 1. The smallest absolute Gasteiger partial charge is 0.387 e. The summed E-state index contributed by atoms with van der Waals surface area (Å²) in [6, 6.07) is 9.61. The zero-order valence-electron chi connectivity index (χ0n) is 14.6. The number of hydrogen-bond acceptors (Lipinski definition) is 5. The van der Waals surface area contributed by atoms with Gasteiger partial charge in [-0.05, 0) is 49.4 Å². The van der Waals surface area contributed by atoms with Gasteiger partial charge in [0, 0.05) is 11.1 Å². The molecule has 0 radical (unpaired) electrons. The molecule has 0 aromatic heterocycles. The minimum absolute atomic E-state index is 0.0768. The third kappa shape index (κ3) is 5.56. The molecule has 2 rings (SSSR count). The Bertz CT molecular complexity index is 797. The summed E-state index contributed by atoms with van der Waals surface area (Å²) in [4.78, 5) is 24.2. The maximum absolute atomic E-state index is 12.2. The van der Waals surface area contributed by atoms with Crippen molar-refractivity contribution >= 4 is 11.8 Å². The number of halogens is 2. The highest BCUT2D eigenvalue weighted by Crippen LogP contribution is 2.27. The average molecular weight is 380 g/mol. The van der Waals surface area contributed by atoms with Crippen LogP contribution in [0.5, 0.6) is 17.2 Å². The van der Waals surface area contributed by atoms with Gasteiger partial charge in [-0.1, -0.05) is 0 Å². The molecule has 2 amide bonds. The zero-order chi connectivity index (χ0) is 19.8. The lowest BCUT2D eigenvalue weighted by Gasteiger charge is -2.12. The molecule has 0 unspecified atom stereocenters. The van der Waals surface area contributed by atoms with Crippen LogP contribution in [0.2, 0.25) is 0 Å². The summed E-state index contributed by atoms with van der Waals surface area (Å²) in [5.74, 6) is -0.392. The molecule has 0 bridgehead atoms. The Hall–Kier alpha value is -3.36. The van der Waals surface area contributed by atoms with Crippen LogP contribution in [0.1, 0.15) is 27.6 Å². The van der Waals surface area contributed by atoms with Gasteiger partial charge in [-0.25, -0.2) is 0 Å². The quantitative estimate of drug-likeness (QED) is 0.722. The second-order valence-corrected chi connectivity index (χ2v) is 5.11. The van der Waals surface area contributed by atoms with Gasteiger partial charge >= 0.3 is 6.61 Å². The summed E-state index contributed by atoms with van der Waals surface area (Å²) in [5, 5.41) is 0. The molecular weight excluding hydrogens is 362 g/mol. The van der Waals surface area contributed by atoms with Gasteiger partial charge in [0.25, 0.3) is 11.8 Å². The number of hydrazine groups is 1. The van der Waals surface area contributed by atoms with Crippen LogP contribution in [0, 0.1) is 0 Å². The number of amides is 2. The molecule has 9 heteroatoms. The van der Waals surface area contributed by atoms with Crippen molar-refractivity contribution in [2.45, 2.75) is 13.5 Å². The first-order chi connectivity index (χ1) is 12.9. The summed E-state index contributed by atoms with van der Waals surface area (Å²) in [5.41, 5.74) is 4.90. The third-order valence-corrected chi connectivity index (χ3v) is 3.36. The molecule has 0 saturated heterocycles. The third-order valence-electron chi connectivity index (χ3n) is 3.36. The number of benzene rings is 2. The molecule has 27 heavy (non-hydrogen) atoms. The van der Waals surface area contributed by atoms with Crippen molar-refractivity contribution < 1.29 is 32.6 Å². The maximum atomic E-state index is 12.2. The van der Waals surface area contributed by atoms with Gasteiger partial charge in [-0.15, -0.1) is 0 Å². The molecule has 0 aliphatic rings. The van der Waals surface area contributed by atoms with Crippen molar-refractivity contribution in [1.82, 2.24) is 10.9 Å². The van der Waals surface area contributed by atoms with Crippen molar-refractivity contribution in [2.75, 3.05) is 13.7 Å². The van der Waals surface area contributed by atoms with Gasteiger partial charge in [-0.3, -0.25) is 20.4 Å². The Morgan fingerprint density at radius 1 is 0.963 bits per heavy atom. The van der Waals surface area contributed by atoms with E-state index in [2.05, 4.69) is 15.6 Å². The number of nitrogens with one attached hydrogen (secondary N) is 2. The molecule has 0 aliphatic heterocycles. The van der Waals surface area contributed by atoms with Crippen molar-refractivity contribution in [2.24, 2.45) is 0 Å². The Morgan fingerprint density at radius 2 is 1.56 bits per heavy atom. The van der Waals surface area contributed by atoms with Crippen LogP contribution in [0.25, 0.3) is 0 Å². The van der Waals surface area contributed by atoms with Gasteiger partial charge in [0.2, 0.25) is 0 Å². The van der Waals surface area contributed by atoms with E-state index in [9.17, 15) is 18.4 Å². The Morgan fingerprint density at radius 3 is 2.11 bits per heavy atom. The number of alkyl halides is 2. The Kier molecular flexibility index (Phi) is 6.93. The van der Waals surface area contributed by atoms with Gasteiger partial charge in [0.15, 0.2) is 11.5 Å². The molecule has 0 saturated carbocycles. The Balaban J connectivity index is 1.97. The van der Waals surface area contributed by atoms with Gasteiger partial charge in [0.05, 0.1) is 13.7 Å². The van der Waals surface area contributed by atoms with E-state index in [4.69, 9.17) is 9.47 Å². The van der Waals surface area contributed by atoms with Crippen LogP contribution in [0.15, 0.2) is 42.5 Å². The zero-order valence-corrected chi connectivity index (χ0v) is 14.6. The summed E-state index contributed by atoms with van der Waals surface area (Å²) >= 11 is 0. The molecule has 0 spiro atoms. The lowest BCUT2D eigenvalue weighted by atomic mass is 10.2. The monoisotopic (exact) mass is 380 g/mol. The summed E-state index contributed by atoms with van der Waals surface area (Å²) in [7, 11) is 1.45. The number of carbonyl (C=O) groups is 2. The SMILES string of the molecule is CCOc1ccc(C(=O)NNC(=O)c2ccc(OC(F)F)cc2)cc1OC. The predicted molar refractivity (Wildman–Crippen MR) is 92.2 cm³/mol. The lowest BCUT2D eigenvalue weighted by Crippen LogP contribution is -2.41. The first-order valence-corrected chi connectivity index (χ1v) is 7.91. The van der Waals surface area contributed by atoms with E-state index in [-0.39, 0.29) is 16.9 Å². The highest BCUT2D eigenvalue weighted by Gasteiger charge is 2.13. The van der Waals surface area contributed by atoms with Crippen LogP contribution >= 0.6 is 0 Å². The fourth-order valence-electron chi connectivity index (χ4n) is 2.13. The predicted octanol–water partition coefficient (Wildman–Crippen LogP) is 2.77. The van der Waals surface area contributed by atoms with E-state index in [1.54, 1.807) is 6.07 Å². The first-order valence-electron chi connectivity index (χ1n) is 7.91. The molecule has 0 heterocycles. The molecule has 0 atom stereocenters. The number of ether oxygens (including phenoxy) is 3. The number of hydrogen-bond donors (Lipinski definition) is 2. The van der Waals surface area contributed by atoms with E-state index in [0.717, 1.165) is 0 Å². The lowest BCUT2D eigenvalue weighted by molar-refractivity contribution is -0.0498. The van der Waals surface area contributed by atoms with Crippen LogP contribution in [0.3, 0.4) is 0 Å². The first kappa shape index (κ1) is 20.0. The van der Waals surface area contributed by atoms with Crippen LogP contribution in [-0.2, 0) is 0 Å². The standard InChI is InChI=1S/C18H18F2N2O5/c1-3-26-14-9-6-12(10-15(14)25-2)17(24)22-21-16(23)11-4-7-13(8-5-11)27-18(19)20/h4-10,18H,3H2,1-2H3,(H,21,23)(H,22,24). The summed E-state index contributed by atoms with van der Waals surface area (Å²) in [6.07, 6.45) is 0. The van der Waals surface area contributed by atoms with E-state index in [1.165, 1.54) is 43.5 Å². The normalized spacial score (nSPS) is 10.3. The van der Waals surface area contributed by atoms with Gasteiger partial charge in [0.1, 0.15) is 5.75 Å². The van der Waals surface area contributed by atoms with E-state index >= 15 is 0 Å². The largest absolute Gasteiger partial charge is 0.493 e. The molecular formula is C18H18F2N2O5. The van der Waals surface area contributed by atoms with Gasteiger partial charge in [-0.2, -0.15) is 8.78 Å². The maximum Gasteiger partial charge on any atom is 0.387 e. The van der Waals surface area contributed by atoms with Crippen molar-refractivity contribution in [3.8, 4) is 17.2 Å². The second kappa shape index (κ2) is 9.37. The van der Waals surface area contributed by atoms with Crippen LogP contribution in [0.4, 0.5) is 8.78 Å². The Labute approximate surface area is 154 Å². The van der Waals surface area contributed by atoms with Gasteiger partial charge < -0.3 is 14.2 Å². The molecule has 144 valence electrons. The van der Waals surface area contributed by atoms with E-state index < -0.39 is 18.4 Å². The number of carbonyl (C=O) groups excluding carboxylic acids is 2. The molecule has 2 N–H and O–H groups in total.